The molecule has 1 rings (SSSR count). The molecule has 1 aliphatic rings. The molecule has 0 aliphatic heterocycles. The molecule has 0 spiro atoms. The summed E-state index contributed by atoms with van der Waals surface area (Å²) in [5.41, 5.74) is -0.462. The number of hydrogen-bond donors (Lipinski definition) is 0. The van der Waals surface area contributed by atoms with Gasteiger partial charge in [0.15, 0.2) is 16.6 Å². The van der Waals surface area contributed by atoms with Crippen molar-refractivity contribution in [1.29, 1.82) is 0 Å². The van der Waals surface area contributed by atoms with Crippen LogP contribution in [0.4, 0.5) is 0 Å². The average Bonchev–Trinajstić information content (AvgIpc) is 3.01. The molecule has 0 aromatic heterocycles. The molecule has 4 atom stereocenters. The minimum Gasteiger partial charge on any atom is -0.460 e. The molecule has 0 N–H and O–H groups in total. The van der Waals surface area contributed by atoms with Gasteiger partial charge < -0.3 is 13.6 Å². The van der Waals surface area contributed by atoms with Gasteiger partial charge in [-0.15, -0.1) is 0 Å². The van der Waals surface area contributed by atoms with E-state index in [9.17, 15) is 4.79 Å². The van der Waals surface area contributed by atoms with Crippen molar-refractivity contribution < 1.29 is 18.4 Å². The van der Waals surface area contributed by atoms with Gasteiger partial charge in [-0.3, -0.25) is 4.79 Å². The van der Waals surface area contributed by atoms with E-state index in [1.54, 1.807) is 0 Å². The van der Waals surface area contributed by atoms with E-state index in [4.69, 9.17) is 13.6 Å². The average molecular weight is 499 g/mol. The maximum absolute atomic E-state index is 12.7. The molecule has 0 amide bonds. The van der Waals surface area contributed by atoms with E-state index in [0.717, 1.165) is 6.42 Å². The topological polar surface area (TPSA) is 44.8 Å². The van der Waals surface area contributed by atoms with Crippen molar-refractivity contribution in [2.24, 2.45) is 17.8 Å². The highest BCUT2D eigenvalue weighted by molar-refractivity contribution is 6.74. The van der Waals surface area contributed by atoms with Crippen LogP contribution in [0.1, 0.15) is 82.1 Å². The van der Waals surface area contributed by atoms with E-state index >= 15 is 0 Å². The molecular weight excluding hydrogens is 444 g/mol. The summed E-state index contributed by atoms with van der Waals surface area (Å²) in [4.78, 5) is 12.7. The highest BCUT2D eigenvalue weighted by Crippen LogP contribution is 2.43. The molecule has 0 fully saturated rings. The van der Waals surface area contributed by atoms with Gasteiger partial charge in [-0.25, -0.2) is 0 Å². The summed E-state index contributed by atoms with van der Waals surface area (Å²) in [5, 5.41) is 0.300. The van der Waals surface area contributed by atoms with E-state index in [-0.39, 0.29) is 39.9 Å². The van der Waals surface area contributed by atoms with Gasteiger partial charge in [0, 0.05) is 12.5 Å². The second-order valence-corrected chi connectivity index (χ2v) is 23.7. The third-order valence-corrected chi connectivity index (χ3v) is 16.9. The third-order valence-electron chi connectivity index (χ3n) is 7.90. The maximum atomic E-state index is 12.7. The predicted molar refractivity (Wildman–Crippen MR) is 146 cm³/mol. The summed E-state index contributed by atoms with van der Waals surface area (Å²) in [5.74, 6) is 0.536. The first-order valence-corrected chi connectivity index (χ1v) is 18.6. The Kier molecular flexibility index (Phi) is 9.89. The van der Waals surface area contributed by atoms with Gasteiger partial charge in [0.25, 0.3) is 0 Å². The zero-order valence-electron chi connectivity index (χ0n) is 24.2. The second kappa shape index (κ2) is 10.7. The van der Waals surface area contributed by atoms with Gasteiger partial charge in [-0.2, -0.15) is 0 Å². The van der Waals surface area contributed by atoms with Crippen molar-refractivity contribution in [3.63, 3.8) is 0 Å². The maximum Gasteiger partial charge on any atom is 0.306 e. The first kappa shape index (κ1) is 30.6. The number of carbonyl (C=O) groups is 1. The molecule has 33 heavy (non-hydrogen) atoms. The summed E-state index contributed by atoms with van der Waals surface area (Å²) >= 11 is 0. The minimum atomic E-state index is -2.01. The largest absolute Gasteiger partial charge is 0.460 e. The zero-order chi connectivity index (χ0) is 26.0. The van der Waals surface area contributed by atoms with Gasteiger partial charge in [-0.1, -0.05) is 60.6 Å². The van der Waals surface area contributed by atoms with Crippen molar-refractivity contribution in [3.05, 3.63) is 12.2 Å². The van der Waals surface area contributed by atoms with E-state index < -0.39 is 22.2 Å². The fourth-order valence-corrected chi connectivity index (χ4v) is 6.25. The summed E-state index contributed by atoms with van der Waals surface area (Å²) < 4.78 is 19.4. The normalized spacial score (nSPS) is 22.4. The van der Waals surface area contributed by atoms with Crippen molar-refractivity contribution >= 4 is 22.6 Å². The van der Waals surface area contributed by atoms with Crippen molar-refractivity contribution in [3.8, 4) is 0 Å². The summed E-state index contributed by atoms with van der Waals surface area (Å²) in [7, 11) is -3.86. The number of ether oxygens (including phenoxy) is 1. The lowest BCUT2D eigenvalue weighted by molar-refractivity contribution is -0.156. The number of carbonyl (C=O) groups excluding carboxylic acids is 1. The van der Waals surface area contributed by atoms with Gasteiger partial charge in [0.05, 0.1) is 12.5 Å². The Labute approximate surface area is 207 Å². The summed E-state index contributed by atoms with van der Waals surface area (Å²) in [6.45, 7) is 31.7. The van der Waals surface area contributed by atoms with E-state index in [1.807, 2.05) is 20.8 Å². The molecule has 0 heterocycles. The first-order chi connectivity index (χ1) is 14.6. The van der Waals surface area contributed by atoms with Crippen LogP contribution in [0.25, 0.3) is 0 Å². The Hall–Kier alpha value is -0.436. The monoisotopic (exact) mass is 498 g/mol. The van der Waals surface area contributed by atoms with Gasteiger partial charge in [0.2, 0.25) is 0 Å². The SMILES string of the molecule is C[C@H](CO[Si](C)(C)C(C)(C)C)[C@H](O[Si](C)(C)C(C)(C)C)[C@@H]1CC=C[C@@H]1CC(=O)OC(C)(C)C. The van der Waals surface area contributed by atoms with Crippen LogP contribution in [-0.4, -0.2) is 40.9 Å². The molecule has 1 aliphatic carbocycles. The Bertz CT molecular complexity index is 678. The quantitative estimate of drug-likeness (QED) is 0.184. The molecule has 4 nitrogen and oxygen atoms in total. The molecular formula is C27H54O4Si2. The molecule has 0 bridgehead atoms. The van der Waals surface area contributed by atoms with Crippen LogP contribution in [0.3, 0.4) is 0 Å². The van der Waals surface area contributed by atoms with Crippen molar-refractivity contribution in [2.75, 3.05) is 6.61 Å². The summed E-state index contributed by atoms with van der Waals surface area (Å²) in [6, 6.07) is 0. The Morgan fingerprint density at radius 2 is 1.45 bits per heavy atom. The lowest BCUT2D eigenvalue weighted by Gasteiger charge is -2.45. The van der Waals surface area contributed by atoms with Gasteiger partial charge in [0.1, 0.15) is 5.60 Å². The standard InChI is InChI=1S/C27H54O4Si2/c1-20(19-29-32(11,12)26(5,6)7)24(31-33(13,14)27(8,9)10)22-17-15-16-21(22)18-23(28)30-25(2,3)4/h15-16,20-22,24H,17-19H2,1-14H3/t20-,21-,22-,24+/m1/s1. The molecule has 0 radical (unpaired) electrons. The lowest BCUT2D eigenvalue weighted by Crippen LogP contribution is -2.50. The molecule has 6 heteroatoms. The highest BCUT2D eigenvalue weighted by Gasteiger charge is 2.45. The van der Waals surface area contributed by atoms with Crippen molar-refractivity contribution in [1.82, 2.24) is 0 Å². The van der Waals surface area contributed by atoms with Crippen LogP contribution in [0.2, 0.25) is 36.3 Å². The Morgan fingerprint density at radius 1 is 0.939 bits per heavy atom. The fraction of sp³-hybridized carbons (Fsp3) is 0.889. The third kappa shape index (κ3) is 8.94. The van der Waals surface area contributed by atoms with Crippen LogP contribution < -0.4 is 0 Å². The Morgan fingerprint density at radius 3 is 1.91 bits per heavy atom. The number of rotatable bonds is 9. The molecule has 0 unspecified atom stereocenters. The van der Waals surface area contributed by atoms with Crippen molar-refractivity contribution in [2.45, 2.75) is 130 Å². The van der Waals surface area contributed by atoms with E-state index in [1.165, 1.54) is 0 Å². The number of esters is 1. The highest BCUT2D eigenvalue weighted by atomic mass is 28.4. The van der Waals surface area contributed by atoms with E-state index in [0.29, 0.717) is 13.0 Å². The lowest BCUT2D eigenvalue weighted by atomic mass is 9.82. The smallest absolute Gasteiger partial charge is 0.306 e. The molecule has 0 saturated carbocycles. The van der Waals surface area contributed by atoms with Crippen LogP contribution in [-0.2, 0) is 18.4 Å². The number of allylic oxidation sites excluding steroid dienone is 2. The zero-order valence-corrected chi connectivity index (χ0v) is 26.2. The first-order valence-electron chi connectivity index (χ1n) is 12.8. The van der Waals surface area contributed by atoms with Gasteiger partial charge >= 0.3 is 5.97 Å². The number of hydrogen-bond acceptors (Lipinski definition) is 4. The summed E-state index contributed by atoms with van der Waals surface area (Å²) in [6.07, 6.45) is 5.84. The van der Waals surface area contributed by atoms with Crippen LogP contribution in [0, 0.1) is 17.8 Å². The Balaban J connectivity index is 3.13. The predicted octanol–water partition coefficient (Wildman–Crippen LogP) is 7.96. The van der Waals surface area contributed by atoms with E-state index in [2.05, 4.69) is 86.8 Å². The van der Waals surface area contributed by atoms with Crippen LogP contribution in [0.15, 0.2) is 12.2 Å². The van der Waals surface area contributed by atoms with Crippen LogP contribution in [0.5, 0.6) is 0 Å². The minimum absolute atomic E-state index is 0.0538. The molecule has 0 saturated heterocycles. The van der Waals surface area contributed by atoms with Gasteiger partial charge in [-0.05, 0) is 75.3 Å². The molecule has 0 aromatic carbocycles. The van der Waals surface area contributed by atoms with Crippen LogP contribution >= 0.6 is 0 Å². The molecule has 0 aromatic rings. The fourth-order valence-electron chi connectivity index (χ4n) is 3.69. The molecule has 194 valence electrons. The second-order valence-electron chi connectivity index (χ2n) is 14.2.